The van der Waals surface area contributed by atoms with Crippen molar-refractivity contribution in [2.24, 2.45) is 10.9 Å². The van der Waals surface area contributed by atoms with Crippen LogP contribution in [0.3, 0.4) is 0 Å². The zero-order chi connectivity index (χ0) is 14.3. The van der Waals surface area contributed by atoms with Crippen molar-refractivity contribution in [3.8, 4) is 0 Å². The Morgan fingerprint density at radius 3 is 2.95 bits per heavy atom. The zero-order valence-electron chi connectivity index (χ0n) is 10.9. The van der Waals surface area contributed by atoms with E-state index in [1.807, 2.05) is 0 Å². The highest BCUT2D eigenvalue weighted by Crippen LogP contribution is 2.30. The highest BCUT2D eigenvalue weighted by Gasteiger charge is 2.25. The minimum Gasteiger partial charge on any atom is -0.290 e. The van der Waals surface area contributed by atoms with Crippen LogP contribution in [0.1, 0.15) is 18.7 Å². The van der Waals surface area contributed by atoms with Crippen LogP contribution in [0.15, 0.2) is 28.0 Å². The van der Waals surface area contributed by atoms with Gasteiger partial charge in [-0.1, -0.05) is 11.6 Å². The van der Waals surface area contributed by atoms with Gasteiger partial charge in [-0.3, -0.25) is 14.4 Å². The van der Waals surface area contributed by atoms with Gasteiger partial charge < -0.3 is 0 Å². The fourth-order valence-corrected chi connectivity index (χ4v) is 2.32. The predicted molar refractivity (Wildman–Crippen MR) is 77.0 cm³/mol. The fraction of sp³-hybridized carbons (Fsp3) is 0.357. The number of rotatable bonds is 3. The Kier molecular flexibility index (Phi) is 3.30. The Hall–Kier alpha value is -1.75. The number of halogens is 2. The number of aliphatic imine (C=N–C) groups is 1. The molecule has 0 radical (unpaired) electrons. The lowest BCUT2D eigenvalue weighted by Crippen LogP contribution is -2.27. The fourth-order valence-electron chi connectivity index (χ4n) is 2.18. The Labute approximate surface area is 119 Å². The lowest BCUT2D eigenvalue weighted by atomic mass is 10.2. The molecule has 4 nitrogen and oxygen atoms in total. The maximum absolute atomic E-state index is 13.3. The third-order valence-corrected chi connectivity index (χ3v) is 3.77. The summed E-state index contributed by atoms with van der Waals surface area (Å²) in [6.07, 6.45) is 2.18. The van der Waals surface area contributed by atoms with E-state index in [0.717, 1.165) is 12.8 Å². The first-order chi connectivity index (χ1) is 9.60. The first kappa shape index (κ1) is 13.2. The first-order valence-corrected chi connectivity index (χ1v) is 6.80. The summed E-state index contributed by atoms with van der Waals surface area (Å²) in [5.41, 5.74) is 0.165. The van der Waals surface area contributed by atoms with Gasteiger partial charge >= 0.3 is 0 Å². The van der Waals surface area contributed by atoms with Gasteiger partial charge in [-0.15, -0.1) is 0 Å². The van der Waals surface area contributed by atoms with Gasteiger partial charge in [0.1, 0.15) is 5.82 Å². The molecule has 0 atom stereocenters. The van der Waals surface area contributed by atoms with Gasteiger partial charge in [0.2, 0.25) is 0 Å². The van der Waals surface area contributed by atoms with Crippen molar-refractivity contribution in [3.63, 3.8) is 0 Å². The molecule has 2 aromatic rings. The van der Waals surface area contributed by atoms with E-state index >= 15 is 0 Å². The molecular weight excluding hydrogens is 281 g/mol. The molecule has 0 unspecified atom stereocenters. The second-order valence-corrected chi connectivity index (χ2v) is 5.33. The lowest BCUT2D eigenvalue weighted by molar-refractivity contribution is 0.596. The molecule has 0 amide bonds. The average Bonchev–Trinajstić information content (AvgIpc) is 3.25. The quantitative estimate of drug-likeness (QED) is 0.817. The molecule has 104 valence electrons. The van der Waals surface area contributed by atoms with Crippen LogP contribution in [0.4, 0.5) is 4.39 Å². The molecule has 1 saturated carbocycles. The molecule has 0 spiro atoms. The monoisotopic (exact) mass is 293 g/mol. The Balaban J connectivity index is 2.29. The second kappa shape index (κ2) is 4.98. The van der Waals surface area contributed by atoms with E-state index in [-0.39, 0.29) is 16.1 Å². The van der Waals surface area contributed by atoms with Crippen LogP contribution in [0.5, 0.6) is 0 Å². The molecule has 0 bridgehead atoms. The van der Waals surface area contributed by atoms with Crippen molar-refractivity contribution >= 4 is 27.7 Å². The van der Waals surface area contributed by atoms with Crippen LogP contribution in [0.25, 0.3) is 10.9 Å². The summed E-state index contributed by atoms with van der Waals surface area (Å²) in [5.74, 6) is 0.378. The first-order valence-electron chi connectivity index (χ1n) is 6.43. The molecule has 1 aromatic carbocycles. The number of hydrogen-bond donors (Lipinski definition) is 0. The molecule has 1 fully saturated rings. The Bertz CT molecular complexity index is 765. The molecule has 1 aliphatic carbocycles. The van der Waals surface area contributed by atoms with E-state index in [1.165, 1.54) is 22.8 Å². The van der Waals surface area contributed by atoms with Gasteiger partial charge in [0, 0.05) is 13.6 Å². The van der Waals surface area contributed by atoms with Crippen LogP contribution in [0, 0.1) is 11.7 Å². The van der Waals surface area contributed by atoms with Crippen LogP contribution in [-0.2, 0) is 6.54 Å². The molecule has 0 N–H and O–H groups in total. The molecule has 1 heterocycles. The minimum absolute atomic E-state index is 0.189. The van der Waals surface area contributed by atoms with Gasteiger partial charge in [-0.05, 0) is 37.0 Å². The van der Waals surface area contributed by atoms with E-state index in [0.29, 0.717) is 23.8 Å². The van der Waals surface area contributed by atoms with Crippen molar-refractivity contribution in [2.75, 3.05) is 7.05 Å². The zero-order valence-corrected chi connectivity index (χ0v) is 11.7. The topological polar surface area (TPSA) is 47.2 Å². The maximum atomic E-state index is 13.3. The summed E-state index contributed by atoms with van der Waals surface area (Å²) in [7, 11) is 1.55. The molecule has 1 aliphatic rings. The standard InChI is InChI=1S/C14H13ClFN3O/c1-17-12(15)13-18-11-5-4-9(16)6-10(11)14(20)19(13)7-8-2-3-8/h4-6,8H,2-3,7H2,1H3. The van der Waals surface area contributed by atoms with E-state index in [9.17, 15) is 9.18 Å². The predicted octanol–water partition coefficient (Wildman–Crippen LogP) is 2.56. The third-order valence-electron chi connectivity index (χ3n) is 3.43. The molecule has 0 saturated heterocycles. The molecule has 6 heteroatoms. The van der Waals surface area contributed by atoms with Crippen molar-refractivity contribution in [1.82, 2.24) is 9.55 Å². The highest BCUT2D eigenvalue weighted by atomic mass is 35.5. The van der Waals surface area contributed by atoms with E-state index in [2.05, 4.69) is 9.98 Å². The molecule has 1 aromatic heterocycles. The molecule has 3 rings (SSSR count). The molecule has 0 aliphatic heterocycles. The lowest BCUT2D eigenvalue weighted by Gasteiger charge is -2.11. The van der Waals surface area contributed by atoms with E-state index < -0.39 is 5.82 Å². The summed E-state index contributed by atoms with van der Waals surface area (Å²) in [6, 6.07) is 3.98. The van der Waals surface area contributed by atoms with Crippen molar-refractivity contribution in [3.05, 3.63) is 40.2 Å². The van der Waals surface area contributed by atoms with Crippen LogP contribution in [0.2, 0.25) is 0 Å². The summed E-state index contributed by atoms with van der Waals surface area (Å²) in [6.45, 7) is 0.555. The summed E-state index contributed by atoms with van der Waals surface area (Å²) >= 11 is 6.06. The normalized spacial score (nSPS) is 15.8. The number of hydrogen-bond acceptors (Lipinski definition) is 3. The van der Waals surface area contributed by atoms with Crippen molar-refractivity contribution < 1.29 is 4.39 Å². The Morgan fingerprint density at radius 2 is 2.30 bits per heavy atom. The largest absolute Gasteiger partial charge is 0.290 e. The van der Waals surface area contributed by atoms with Gasteiger partial charge in [0.25, 0.3) is 5.56 Å². The van der Waals surface area contributed by atoms with Gasteiger partial charge in [0.15, 0.2) is 11.0 Å². The van der Waals surface area contributed by atoms with Crippen molar-refractivity contribution in [1.29, 1.82) is 0 Å². The van der Waals surface area contributed by atoms with Gasteiger partial charge in [-0.25, -0.2) is 9.37 Å². The number of nitrogens with zero attached hydrogens (tertiary/aromatic N) is 3. The summed E-state index contributed by atoms with van der Waals surface area (Å²) in [4.78, 5) is 20.8. The van der Waals surface area contributed by atoms with Crippen LogP contribution in [-0.4, -0.2) is 21.8 Å². The average molecular weight is 294 g/mol. The number of fused-ring (bicyclic) bond motifs is 1. The van der Waals surface area contributed by atoms with Crippen molar-refractivity contribution in [2.45, 2.75) is 19.4 Å². The third kappa shape index (κ3) is 2.33. The maximum Gasteiger partial charge on any atom is 0.261 e. The van der Waals surface area contributed by atoms with Gasteiger partial charge in [0.05, 0.1) is 10.9 Å². The molecule has 20 heavy (non-hydrogen) atoms. The molecular formula is C14H13ClFN3O. The summed E-state index contributed by atoms with van der Waals surface area (Å²) in [5, 5.41) is 0.462. The van der Waals surface area contributed by atoms with Gasteiger partial charge in [-0.2, -0.15) is 0 Å². The minimum atomic E-state index is -0.447. The van der Waals surface area contributed by atoms with E-state index in [4.69, 9.17) is 11.6 Å². The number of aromatic nitrogens is 2. The Morgan fingerprint density at radius 1 is 1.55 bits per heavy atom. The highest BCUT2D eigenvalue weighted by molar-refractivity contribution is 6.69. The second-order valence-electron chi connectivity index (χ2n) is 4.97. The van der Waals surface area contributed by atoms with E-state index in [1.54, 1.807) is 7.05 Å². The summed E-state index contributed by atoms with van der Waals surface area (Å²) < 4.78 is 14.8. The van der Waals surface area contributed by atoms with Crippen LogP contribution >= 0.6 is 11.6 Å². The van der Waals surface area contributed by atoms with Crippen LogP contribution < -0.4 is 5.56 Å². The SMILES string of the molecule is CN=C(Cl)c1nc2ccc(F)cc2c(=O)n1CC1CC1. The smallest absolute Gasteiger partial charge is 0.261 e. The number of benzene rings is 1.